The maximum Gasteiger partial charge on any atom is 0.126 e. The van der Waals surface area contributed by atoms with E-state index in [4.69, 9.17) is 4.74 Å². The van der Waals surface area contributed by atoms with E-state index in [-0.39, 0.29) is 17.7 Å². The highest BCUT2D eigenvalue weighted by atomic mass is 19.1. The zero-order chi connectivity index (χ0) is 13.4. The molecule has 2 bridgehead atoms. The van der Waals surface area contributed by atoms with Gasteiger partial charge in [-0.05, 0) is 56.5 Å². The van der Waals surface area contributed by atoms with Crippen molar-refractivity contribution in [1.29, 1.82) is 0 Å². The predicted octanol–water partition coefficient (Wildman–Crippen LogP) is 2.66. The maximum atomic E-state index is 13.7. The molecule has 2 heterocycles. The summed E-state index contributed by atoms with van der Waals surface area (Å²) in [5.74, 6) is -0.299. The van der Waals surface area contributed by atoms with E-state index in [0.29, 0.717) is 30.1 Å². The lowest BCUT2D eigenvalue weighted by Gasteiger charge is -2.28. The maximum absolute atomic E-state index is 13.7. The summed E-state index contributed by atoms with van der Waals surface area (Å²) in [6.07, 6.45) is 4.46. The Morgan fingerprint density at radius 1 is 1.37 bits per heavy atom. The highest BCUT2D eigenvalue weighted by molar-refractivity contribution is 5.20. The molecule has 4 heteroatoms. The summed E-state index contributed by atoms with van der Waals surface area (Å²) in [5.41, 5.74) is 0.446. The lowest BCUT2D eigenvalue weighted by atomic mass is 9.81. The van der Waals surface area contributed by atoms with E-state index < -0.39 is 0 Å². The Hall–Kier alpha value is -1.00. The minimum absolute atomic E-state index is 0.145. The highest BCUT2D eigenvalue weighted by Crippen LogP contribution is 2.41. The normalized spacial score (nSPS) is 30.8. The molecule has 4 atom stereocenters. The Labute approximate surface area is 112 Å². The molecule has 2 fully saturated rings. The second kappa shape index (κ2) is 5.17. The number of hydrogen-bond donors (Lipinski definition) is 1. The van der Waals surface area contributed by atoms with Gasteiger partial charge in [-0.2, -0.15) is 0 Å². The van der Waals surface area contributed by atoms with Crippen LogP contribution in [0, 0.1) is 17.6 Å². The summed E-state index contributed by atoms with van der Waals surface area (Å²) >= 11 is 0. The van der Waals surface area contributed by atoms with Crippen LogP contribution in [0.3, 0.4) is 0 Å². The lowest BCUT2D eigenvalue weighted by Crippen LogP contribution is -2.40. The molecule has 0 spiro atoms. The van der Waals surface area contributed by atoms with Gasteiger partial charge in [0.15, 0.2) is 0 Å². The molecule has 0 aliphatic carbocycles. The first kappa shape index (κ1) is 13.0. The van der Waals surface area contributed by atoms with Crippen molar-refractivity contribution in [2.75, 3.05) is 7.05 Å². The molecule has 0 amide bonds. The van der Waals surface area contributed by atoms with Crippen molar-refractivity contribution in [3.05, 3.63) is 35.4 Å². The van der Waals surface area contributed by atoms with E-state index in [1.807, 2.05) is 7.05 Å². The van der Waals surface area contributed by atoms with Crippen LogP contribution in [0.4, 0.5) is 8.78 Å². The number of rotatable bonds is 4. The van der Waals surface area contributed by atoms with Gasteiger partial charge in [-0.1, -0.05) is 0 Å². The van der Waals surface area contributed by atoms with Gasteiger partial charge in [0.1, 0.15) is 11.6 Å². The summed E-state index contributed by atoms with van der Waals surface area (Å²) in [6.45, 7) is 0. The van der Waals surface area contributed by atoms with Gasteiger partial charge in [0.25, 0.3) is 0 Å². The summed E-state index contributed by atoms with van der Waals surface area (Å²) in [7, 11) is 1.88. The molecule has 0 saturated carbocycles. The molecule has 4 unspecified atom stereocenters. The van der Waals surface area contributed by atoms with Crippen molar-refractivity contribution >= 4 is 0 Å². The first-order chi connectivity index (χ1) is 9.17. The van der Waals surface area contributed by atoms with Crippen molar-refractivity contribution in [3.63, 3.8) is 0 Å². The molecule has 0 radical (unpaired) electrons. The number of benzene rings is 1. The van der Waals surface area contributed by atoms with E-state index in [1.54, 1.807) is 0 Å². The molecule has 1 N–H and O–H groups in total. The summed E-state index contributed by atoms with van der Waals surface area (Å²) < 4.78 is 32.8. The zero-order valence-electron chi connectivity index (χ0n) is 11.0. The van der Waals surface area contributed by atoms with Gasteiger partial charge < -0.3 is 10.1 Å². The molecular weight excluding hydrogens is 248 g/mol. The van der Waals surface area contributed by atoms with Gasteiger partial charge in [0.05, 0.1) is 12.2 Å². The van der Waals surface area contributed by atoms with Crippen LogP contribution in [0.25, 0.3) is 0 Å². The van der Waals surface area contributed by atoms with Gasteiger partial charge in [0.2, 0.25) is 0 Å². The topological polar surface area (TPSA) is 21.3 Å². The lowest BCUT2D eigenvalue weighted by molar-refractivity contribution is 0.0862. The number of fused-ring (bicyclic) bond motifs is 2. The van der Waals surface area contributed by atoms with Crippen molar-refractivity contribution in [3.8, 4) is 0 Å². The van der Waals surface area contributed by atoms with Crippen LogP contribution in [0.1, 0.15) is 24.8 Å². The van der Waals surface area contributed by atoms with E-state index in [2.05, 4.69) is 5.32 Å². The minimum atomic E-state index is -0.379. The molecule has 2 aliphatic heterocycles. The molecule has 1 aromatic rings. The molecule has 3 rings (SSSR count). The fourth-order valence-electron chi connectivity index (χ4n) is 3.50. The first-order valence-electron chi connectivity index (χ1n) is 6.94. The molecule has 2 saturated heterocycles. The first-order valence-corrected chi connectivity index (χ1v) is 6.94. The smallest absolute Gasteiger partial charge is 0.126 e. The number of nitrogens with one attached hydrogen (secondary N) is 1. The minimum Gasteiger partial charge on any atom is -0.375 e. The van der Waals surface area contributed by atoms with E-state index in [1.165, 1.54) is 12.1 Å². The number of likely N-dealkylation sites (N-methyl/N-ethyl adjacent to an activating group) is 1. The third-order valence-electron chi connectivity index (χ3n) is 4.49. The average Bonchev–Trinajstić information content (AvgIpc) is 3.02. The van der Waals surface area contributed by atoms with Gasteiger partial charge >= 0.3 is 0 Å². The summed E-state index contributed by atoms with van der Waals surface area (Å²) in [6, 6.07) is 3.81. The highest BCUT2D eigenvalue weighted by Gasteiger charge is 2.43. The fraction of sp³-hybridized carbons (Fsp3) is 0.600. The average molecular weight is 267 g/mol. The molecule has 0 aromatic heterocycles. The van der Waals surface area contributed by atoms with Crippen molar-refractivity contribution < 1.29 is 13.5 Å². The summed E-state index contributed by atoms with van der Waals surface area (Å²) in [4.78, 5) is 0. The van der Waals surface area contributed by atoms with Gasteiger partial charge in [-0.25, -0.2) is 8.78 Å². The Kier molecular flexibility index (Phi) is 3.54. The third-order valence-corrected chi connectivity index (χ3v) is 4.49. The third kappa shape index (κ3) is 2.51. The largest absolute Gasteiger partial charge is 0.375 e. The van der Waals surface area contributed by atoms with Gasteiger partial charge in [-0.15, -0.1) is 0 Å². The van der Waals surface area contributed by atoms with E-state index in [9.17, 15) is 8.78 Å². The Bertz CT molecular complexity index is 465. The SMILES string of the molecule is CNC(Cc1cc(F)ccc1F)C1CC2CCC1O2. The molecule has 2 aliphatic rings. The van der Waals surface area contributed by atoms with Crippen LogP contribution in [-0.4, -0.2) is 25.3 Å². The predicted molar refractivity (Wildman–Crippen MR) is 68.9 cm³/mol. The Balaban J connectivity index is 1.74. The Morgan fingerprint density at radius 3 is 2.84 bits per heavy atom. The quantitative estimate of drug-likeness (QED) is 0.905. The monoisotopic (exact) mass is 267 g/mol. The number of ether oxygens (including phenoxy) is 1. The van der Waals surface area contributed by atoms with Crippen LogP contribution in [0.5, 0.6) is 0 Å². The van der Waals surface area contributed by atoms with Crippen molar-refractivity contribution in [1.82, 2.24) is 5.32 Å². The summed E-state index contributed by atoms with van der Waals surface area (Å²) in [5, 5.41) is 3.25. The number of hydrogen-bond acceptors (Lipinski definition) is 2. The van der Waals surface area contributed by atoms with Crippen LogP contribution in [0.15, 0.2) is 18.2 Å². The van der Waals surface area contributed by atoms with Crippen LogP contribution >= 0.6 is 0 Å². The molecule has 2 nitrogen and oxygen atoms in total. The van der Waals surface area contributed by atoms with E-state index in [0.717, 1.165) is 25.3 Å². The van der Waals surface area contributed by atoms with Crippen LogP contribution < -0.4 is 5.32 Å². The van der Waals surface area contributed by atoms with Crippen LogP contribution in [0.2, 0.25) is 0 Å². The second-order valence-corrected chi connectivity index (χ2v) is 5.61. The fourth-order valence-corrected chi connectivity index (χ4v) is 3.50. The van der Waals surface area contributed by atoms with Gasteiger partial charge in [-0.3, -0.25) is 0 Å². The molecular formula is C15H19F2NO. The van der Waals surface area contributed by atoms with Crippen LogP contribution in [-0.2, 0) is 11.2 Å². The Morgan fingerprint density at radius 2 is 2.21 bits per heavy atom. The molecule has 104 valence electrons. The standard InChI is InChI=1S/C15H19F2NO/c1-18-14(12-8-11-3-5-15(12)19-11)7-9-6-10(16)2-4-13(9)17/h2,4,6,11-12,14-15,18H,3,5,7-8H2,1H3. The van der Waals surface area contributed by atoms with E-state index >= 15 is 0 Å². The number of halogens is 2. The van der Waals surface area contributed by atoms with Gasteiger partial charge in [0, 0.05) is 12.0 Å². The van der Waals surface area contributed by atoms with Crippen molar-refractivity contribution in [2.45, 2.75) is 43.9 Å². The molecule has 1 aromatic carbocycles. The van der Waals surface area contributed by atoms with Crippen molar-refractivity contribution in [2.24, 2.45) is 5.92 Å². The molecule has 19 heavy (non-hydrogen) atoms. The second-order valence-electron chi connectivity index (χ2n) is 5.61. The zero-order valence-corrected chi connectivity index (χ0v) is 11.0.